The molecule has 0 heterocycles. The van der Waals surface area contributed by atoms with Gasteiger partial charge in [-0.1, -0.05) is 0 Å². The summed E-state index contributed by atoms with van der Waals surface area (Å²) in [5.41, 5.74) is -0.509. The van der Waals surface area contributed by atoms with Gasteiger partial charge in [0.2, 0.25) is 0 Å². The van der Waals surface area contributed by atoms with E-state index >= 15 is 0 Å². The predicted octanol–water partition coefficient (Wildman–Crippen LogP) is 3.30. The van der Waals surface area contributed by atoms with Crippen molar-refractivity contribution in [2.75, 3.05) is 0 Å². The largest absolute Gasteiger partial charge is 0.419 e. The maximum atomic E-state index is 13.0. The molecule has 1 amide bonds. The van der Waals surface area contributed by atoms with Crippen molar-refractivity contribution in [2.24, 2.45) is 0 Å². The minimum atomic E-state index is -4.86. The number of halogens is 4. The van der Waals surface area contributed by atoms with Crippen LogP contribution in [-0.4, -0.2) is 11.5 Å². The summed E-state index contributed by atoms with van der Waals surface area (Å²) in [6.45, 7) is 4.96. The van der Waals surface area contributed by atoms with E-state index in [4.69, 9.17) is 4.84 Å². The zero-order chi connectivity index (χ0) is 14.8. The van der Waals surface area contributed by atoms with Crippen molar-refractivity contribution in [2.45, 2.75) is 32.5 Å². The molecule has 0 bridgehead atoms. The molecule has 0 saturated carbocycles. The quantitative estimate of drug-likeness (QED) is 0.666. The minimum Gasteiger partial charge on any atom is -0.268 e. The smallest absolute Gasteiger partial charge is 0.268 e. The van der Waals surface area contributed by atoms with Gasteiger partial charge in [0.25, 0.3) is 5.91 Å². The van der Waals surface area contributed by atoms with E-state index in [1.807, 2.05) is 5.48 Å². The van der Waals surface area contributed by atoms with Crippen molar-refractivity contribution in [3.8, 4) is 0 Å². The van der Waals surface area contributed by atoms with E-state index in [0.29, 0.717) is 12.1 Å². The molecule has 1 aromatic carbocycles. The second-order valence-corrected chi connectivity index (χ2v) is 4.84. The van der Waals surface area contributed by atoms with E-state index in [2.05, 4.69) is 0 Å². The Bertz CT molecular complexity index is 478. The lowest BCUT2D eigenvalue weighted by Crippen LogP contribution is -2.33. The first-order valence-corrected chi connectivity index (χ1v) is 5.36. The van der Waals surface area contributed by atoms with Gasteiger partial charge in [-0.3, -0.25) is 9.63 Å². The summed E-state index contributed by atoms with van der Waals surface area (Å²) < 4.78 is 50.4. The normalized spacial score (nSPS) is 12.4. The highest BCUT2D eigenvalue weighted by Gasteiger charge is 2.34. The Morgan fingerprint density at radius 1 is 1.21 bits per heavy atom. The van der Waals surface area contributed by atoms with E-state index in [1.165, 1.54) is 0 Å². The fraction of sp³-hybridized carbons (Fsp3) is 0.417. The van der Waals surface area contributed by atoms with Crippen molar-refractivity contribution >= 4 is 5.91 Å². The number of rotatable bonds is 2. The summed E-state index contributed by atoms with van der Waals surface area (Å²) in [5, 5.41) is 0. The molecule has 0 fully saturated rings. The maximum absolute atomic E-state index is 13.0. The third-order valence-electron chi connectivity index (χ3n) is 1.98. The van der Waals surface area contributed by atoms with Gasteiger partial charge in [0, 0.05) is 5.56 Å². The Kier molecular flexibility index (Phi) is 4.19. The fourth-order valence-electron chi connectivity index (χ4n) is 1.14. The van der Waals surface area contributed by atoms with Gasteiger partial charge in [-0.25, -0.2) is 9.87 Å². The molecule has 0 radical (unpaired) electrons. The second kappa shape index (κ2) is 5.16. The maximum Gasteiger partial charge on any atom is 0.419 e. The van der Waals surface area contributed by atoms with Gasteiger partial charge in [0.05, 0.1) is 11.2 Å². The highest BCUT2D eigenvalue weighted by atomic mass is 19.4. The molecule has 19 heavy (non-hydrogen) atoms. The zero-order valence-corrected chi connectivity index (χ0v) is 10.6. The van der Waals surface area contributed by atoms with Crippen LogP contribution in [0.5, 0.6) is 0 Å². The van der Waals surface area contributed by atoms with Crippen LogP contribution in [0.1, 0.15) is 36.7 Å². The van der Waals surface area contributed by atoms with Crippen molar-refractivity contribution in [1.82, 2.24) is 5.48 Å². The molecule has 0 aliphatic rings. The average molecular weight is 279 g/mol. The zero-order valence-electron chi connectivity index (χ0n) is 10.6. The Balaban J connectivity index is 2.94. The molecule has 1 rings (SSSR count). The Hall–Kier alpha value is -1.63. The first kappa shape index (κ1) is 15.4. The molecule has 0 aliphatic heterocycles. The number of carbonyl (C=O) groups excluding carboxylic acids is 1. The van der Waals surface area contributed by atoms with E-state index < -0.39 is 29.1 Å². The molecule has 3 nitrogen and oxygen atoms in total. The summed E-state index contributed by atoms with van der Waals surface area (Å²) in [7, 11) is 0. The van der Waals surface area contributed by atoms with Crippen LogP contribution in [0.3, 0.4) is 0 Å². The van der Waals surface area contributed by atoms with Gasteiger partial charge in [-0.05, 0) is 39.0 Å². The van der Waals surface area contributed by atoms with Crippen LogP contribution < -0.4 is 5.48 Å². The van der Waals surface area contributed by atoms with Crippen LogP contribution in [0.15, 0.2) is 18.2 Å². The van der Waals surface area contributed by atoms with E-state index in [9.17, 15) is 22.4 Å². The number of carbonyl (C=O) groups is 1. The van der Waals surface area contributed by atoms with Crippen LogP contribution in [-0.2, 0) is 11.0 Å². The number of hydrogen-bond acceptors (Lipinski definition) is 2. The number of alkyl halides is 3. The summed E-state index contributed by atoms with van der Waals surface area (Å²) in [6, 6.07) is 1.98. The first-order valence-electron chi connectivity index (χ1n) is 5.36. The van der Waals surface area contributed by atoms with Crippen LogP contribution in [0.25, 0.3) is 0 Å². The predicted molar refractivity (Wildman–Crippen MR) is 59.7 cm³/mol. The standard InChI is InChI=1S/C12H13F4NO2/c1-11(2,3)19-17-10(18)7-4-5-9(13)8(6-7)12(14,15)16/h4-6H,1-3H3,(H,17,18). The van der Waals surface area contributed by atoms with Gasteiger partial charge in [0.1, 0.15) is 5.82 Å². The number of hydroxylamine groups is 1. The summed E-state index contributed by atoms with van der Waals surface area (Å²) in [4.78, 5) is 16.5. The van der Waals surface area contributed by atoms with Crippen molar-refractivity contribution < 1.29 is 27.2 Å². The molecule has 0 spiro atoms. The molecule has 7 heteroatoms. The third kappa shape index (κ3) is 4.51. The van der Waals surface area contributed by atoms with E-state index in [1.54, 1.807) is 20.8 Å². The van der Waals surface area contributed by atoms with E-state index in [-0.39, 0.29) is 5.56 Å². The summed E-state index contributed by atoms with van der Waals surface area (Å²) in [5.74, 6) is -2.30. The lowest BCUT2D eigenvalue weighted by Gasteiger charge is -2.19. The first-order chi connectivity index (χ1) is 8.50. The van der Waals surface area contributed by atoms with Gasteiger partial charge in [0.15, 0.2) is 0 Å². The Labute approximate surface area is 107 Å². The van der Waals surface area contributed by atoms with Crippen LogP contribution in [0.2, 0.25) is 0 Å². The number of amides is 1. The van der Waals surface area contributed by atoms with Crippen molar-refractivity contribution in [3.63, 3.8) is 0 Å². The van der Waals surface area contributed by atoms with Crippen LogP contribution in [0, 0.1) is 5.82 Å². The van der Waals surface area contributed by atoms with Crippen LogP contribution in [0.4, 0.5) is 17.6 Å². The highest BCUT2D eigenvalue weighted by Crippen LogP contribution is 2.31. The molecule has 0 saturated heterocycles. The second-order valence-electron chi connectivity index (χ2n) is 4.84. The Morgan fingerprint density at radius 3 is 2.26 bits per heavy atom. The average Bonchev–Trinajstić information content (AvgIpc) is 2.24. The Morgan fingerprint density at radius 2 is 1.79 bits per heavy atom. The molecule has 106 valence electrons. The monoisotopic (exact) mass is 279 g/mol. The van der Waals surface area contributed by atoms with Gasteiger partial charge < -0.3 is 0 Å². The van der Waals surface area contributed by atoms with Crippen LogP contribution >= 0.6 is 0 Å². The van der Waals surface area contributed by atoms with Crippen molar-refractivity contribution in [1.29, 1.82) is 0 Å². The third-order valence-corrected chi connectivity index (χ3v) is 1.98. The molecule has 1 aromatic rings. The lowest BCUT2D eigenvalue weighted by molar-refractivity contribution is -0.140. The number of hydrogen-bond donors (Lipinski definition) is 1. The van der Waals surface area contributed by atoms with E-state index in [0.717, 1.165) is 6.07 Å². The summed E-state index contributed by atoms with van der Waals surface area (Å²) in [6.07, 6.45) is -4.86. The molecule has 0 aromatic heterocycles. The fourth-order valence-corrected chi connectivity index (χ4v) is 1.14. The molecular weight excluding hydrogens is 266 g/mol. The molecular formula is C12H13F4NO2. The van der Waals surface area contributed by atoms with Gasteiger partial charge >= 0.3 is 6.18 Å². The van der Waals surface area contributed by atoms with Crippen molar-refractivity contribution in [3.05, 3.63) is 35.1 Å². The number of nitrogens with one attached hydrogen (secondary N) is 1. The molecule has 0 unspecified atom stereocenters. The molecule has 1 N–H and O–H groups in total. The molecule has 0 aliphatic carbocycles. The van der Waals surface area contributed by atoms with Gasteiger partial charge in [-0.2, -0.15) is 13.2 Å². The molecule has 0 atom stereocenters. The highest BCUT2D eigenvalue weighted by molar-refractivity contribution is 5.93. The summed E-state index contributed by atoms with van der Waals surface area (Å²) >= 11 is 0. The number of benzene rings is 1. The lowest BCUT2D eigenvalue weighted by atomic mass is 10.1. The minimum absolute atomic E-state index is 0.335. The van der Waals surface area contributed by atoms with Gasteiger partial charge in [-0.15, -0.1) is 0 Å². The topological polar surface area (TPSA) is 38.3 Å². The SMILES string of the molecule is CC(C)(C)ONC(=O)c1ccc(F)c(C(F)(F)F)c1.